The molecule has 80 valence electrons. The maximum absolute atomic E-state index is 11.5. The van der Waals surface area contributed by atoms with Crippen LogP contribution in [-0.2, 0) is 14.3 Å². The first kappa shape index (κ1) is 11.1. The van der Waals surface area contributed by atoms with Crippen LogP contribution >= 0.6 is 0 Å². The highest BCUT2D eigenvalue weighted by Crippen LogP contribution is 2.29. The molecule has 0 amide bonds. The molecule has 0 aromatic carbocycles. The predicted molar refractivity (Wildman–Crippen MR) is 53.7 cm³/mol. The first-order valence-corrected chi connectivity index (χ1v) is 5.28. The van der Waals surface area contributed by atoms with E-state index < -0.39 is 0 Å². The fourth-order valence-corrected chi connectivity index (χ4v) is 1.60. The van der Waals surface area contributed by atoms with E-state index in [1.54, 1.807) is 0 Å². The van der Waals surface area contributed by atoms with Crippen LogP contribution in [0.4, 0.5) is 0 Å². The lowest BCUT2D eigenvalue weighted by atomic mass is 10.1. The van der Waals surface area contributed by atoms with Crippen LogP contribution in [0.15, 0.2) is 11.3 Å². The Bertz CT molecular complexity index is 243. The summed E-state index contributed by atoms with van der Waals surface area (Å²) in [6, 6.07) is 0. The van der Waals surface area contributed by atoms with Crippen LogP contribution in [0.2, 0.25) is 0 Å². The molecule has 0 aromatic heterocycles. The van der Waals surface area contributed by atoms with Crippen molar-refractivity contribution in [2.24, 2.45) is 0 Å². The van der Waals surface area contributed by atoms with E-state index in [-0.39, 0.29) is 12.1 Å². The highest BCUT2D eigenvalue weighted by atomic mass is 16.5. The first-order chi connectivity index (χ1) is 6.72. The number of esters is 1. The summed E-state index contributed by atoms with van der Waals surface area (Å²) in [5.74, 6) is 0.607. The van der Waals surface area contributed by atoms with E-state index in [1.165, 1.54) is 0 Å². The average Bonchev–Trinajstić information content (AvgIpc) is 2.61. The zero-order valence-electron chi connectivity index (χ0n) is 9.13. The van der Waals surface area contributed by atoms with Crippen LogP contribution in [0.1, 0.15) is 40.0 Å². The highest BCUT2D eigenvalue weighted by molar-refractivity contribution is 5.89. The smallest absolute Gasteiger partial charge is 0.337 e. The SMILES string of the molecule is CCOC(=O)C1=C(CC)OC(CC)C1. The van der Waals surface area contributed by atoms with Crippen molar-refractivity contribution in [3.8, 4) is 0 Å². The summed E-state index contributed by atoms with van der Waals surface area (Å²) in [7, 11) is 0. The minimum absolute atomic E-state index is 0.171. The van der Waals surface area contributed by atoms with Gasteiger partial charge in [0.25, 0.3) is 0 Å². The largest absolute Gasteiger partial charge is 0.494 e. The third-order valence-corrected chi connectivity index (χ3v) is 2.38. The quantitative estimate of drug-likeness (QED) is 0.651. The van der Waals surface area contributed by atoms with E-state index in [2.05, 4.69) is 6.92 Å². The molecule has 1 aliphatic heterocycles. The molecule has 0 spiro atoms. The van der Waals surface area contributed by atoms with Gasteiger partial charge in [0.1, 0.15) is 11.9 Å². The van der Waals surface area contributed by atoms with Gasteiger partial charge in [-0.25, -0.2) is 4.79 Å². The van der Waals surface area contributed by atoms with Crippen LogP contribution in [0.5, 0.6) is 0 Å². The van der Waals surface area contributed by atoms with Gasteiger partial charge in [0, 0.05) is 12.8 Å². The number of carbonyl (C=O) groups excluding carboxylic acids is 1. The van der Waals surface area contributed by atoms with E-state index in [9.17, 15) is 4.79 Å². The maximum Gasteiger partial charge on any atom is 0.337 e. The number of carbonyl (C=O) groups is 1. The van der Waals surface area contributed by atoms with Gasteiger partial charge in [0.05, 0.1) is 12.2 Å². The Morgan fingerprint density at radius 3 is 2.71 bits per heavy atom. The van der Waals surface area contributed by atoms with Crippen molar-refractivity contribution in [1.29, 1.82) is 0 Å². The minimum atomic E-state index is -0.208. The van der Waals surface area contributed by atoms with E-state index >= 15 is 0 Å². The molecule has 3 nitrogen and oxygen atoms in total. The van der Waals surface area contributed by atoms with E-state index in [4.69, 9.17) is 9.47 Å². The lowest BCUT2D eigenvalue weighted by Crippen LogP contribution is -2.09. The molecule has 1 aliphatic rings. The number of hydrogen-bond acceptors (Lipinski definition) is 3. The molecule has 0 aromatic rings. The molecule has 0 fully saturated rings. The van der Waals surface area contributed by atoms with Crippen LogP contribution in [0.3, 0.4) is 0 Å². The molecular weight excluding hydrogens is 180 g/mol. The summed E-state index contributed by atoms with van der Waals surface area (Å²) in [6.45, 7) is 6.30. The fraction of sp³-hybridized carbons (Fsp3) is 0.727. The number of allylic oxidation sites excluding steroid dienone is 1. The summed E-state index contributed by atoms with van der Waals surface area (Å²) < 4.78 is 10.6. The van der Waals surface area contributed by atoms with Crippen molar-refractivity contribution in [2.45, 2.75) is 46.1 Å². The molecule has 0 saturated heterocycles. The standard InChI is InChI=1S/C11H18O3/c1-4-8-7-9(10(5-2)14-8)11(12)13-6-3/h8H,4-7H2,1-3H3. The van der Waals surface area contributed by atoms with Gasteiger partial charge in [-0.2, -0.15) is 0 Å². The van der Waals surface area contributed by atoms with Crippen LogP contribution in [0, 0.1) is 0 Å². The van der Waals surface area contributed by atoms with Gasteiger partial charge in [0.2, 0.25) is 0 Å². The van der Waals surface area contributed by atoms with Crippen molar-refractivity contribution >= 4 is 5.97 Å². The van der Waals surface area contributed by atoms with Crippen LogP contribution in [-0.4, -0.2) is 18.7 Å². The number of hydrogen-bond donors (Lipinski definition) is 0. The van der Waals surface area contributed by atoms with Crippen molar-refractivity contribution in [3.63, 3.8) is 0 Å². The molecule has 14 heavy (non-hydrogen) atoms. The van der Waals surface area contributed by atoms with Crippen molar-refractivity contribution in [3.05, 3.63) is 11.3 Å². The molecule has 1 heterocycles. The van der Waals surface area contributed by atoms with E-state index in [0.29, 0.717) is 13.0 Å². The average molecular weight is 198 g/mol. The summed E-state index contributed by atoms with van der Waals surface area (Å²) in [4.78, 5) is 11.5. The number of rotatable bonds is 4. The Balaban J connectivity index is 2.68. The van der Waals surface area contributed by atoms with E-state index in [1.807, 2.05) is 13.8 Å². The highest BCUT2D eigenvalue weighted by Gasteiger charge is 2.28. The Labute approximate surface area is 85.1 Å². The molecule has 0 radical (unpaired) electrons. The zero-order chi connectivity index (χ0) is 10.6. The lowest BCUT2D eigenvalue weighted by Gasteiger charge is -2.08. The summed E-state index contributed by atoms with van der Waals surface area (Å²) in [5, 5.41) is 0. The van der Waals surface area contributed by atoms with E-state index in [0.717, 1.165) is 24.2 Å². The maximum atomic E-state index is 11.5. The molecule has 0 bridgehead atoms. The number of ether oxygens (including phenoxy) is 2. The van der Waals surface area contributed by atoms with Gasteiger partial charge < -0.3 is 9.47 Å². The van der Waals surface area contributed by atoms with Crippen molar-refractivity contribution < 1.29 is 14.3 Å². The molecule has 0 saturated carbocycles. The summed E-state index contributed by atoms with van der Waals surface area (Å²) >= 11 is 0. The zero-order valence-corrected chi connectivity index (χ0v) is 9.13. The molecular formula is C11H18O3. The van der Waals surface area contributed by atoms with Gasteiger partial charge in [-0.15, -0.1) is 0 Å². The van der Waals surface area contributed by atoms with Crippen LogP contribution in [0.25, 0.3) is 0 Å². The topological polar surface area (TPSA) is 35.5 Å². The summed E-state index contributed by atoms with van der Waals surface area (Å²) in [5.41, 5.74) is 0.737. The second-order valence-electron chi connectivity index (χ2n) is 3.33. The molecule has 0 aliphatic carbocycles. The predicted octanol–water partition coefficient (Wildman–Crippen LogP) is 2.41. The van der Waals surface area contributed by atoms with Crippen molar-refractivity contribution in [1.82, 2.24) is 0 Å². The Kier molecular flexibility index (Phi) is 3.98. The van der Waals surface area contributed by atoms with Gasteiger partial charge in [-0.05, 0) is 13.3 Å². The normalized spacial score (nSPS) is 20.9. The Morgan fingerprint density at radius 1 is 1.50 bits per heavy atom. The third-order valence-electron chi connectivity index (χ3n) is 2.38. The van der Waals surface area contributed by atoms with Gasteiger partial charge >= 0.3 is 5.97 Å². The fourth-order valence-electron chi connectivity index (χ4n) is 1.60. The lowest BCUT2D eigenvalue weighted by molar-refractivity contribution is -0.138. The Morgan fingerprint density at radius 2 is 2.21 bits per heavy atom. The van der Waals surface area contributed by atoms with Crippen LogP contribution < -0.4 is 0 Å². The molecule has 3 heteroatoms. The molecule has 1 unspecified atom stereocenters. The summed E-state index contributed by atoms with van der Waals surface area (Å²) in [6.07, 6.45) is 2.58. The minimum Gasteiger partial charge on any atom is -0.494 e. The van der Waals surface area contributed by atoms with Gasteiger partial charge in [-0.1, -0.05) is 13.8 Å². The molecule has 0 N–H and O–H groups in total. The monoisotopic (exact) mass is 198 g/mol. The first-order valence-electron chi connectivity index (χ1n) is 5.28. The third kappa shape index (κ3) is 2.28. The molecule has 1 atom stereocenters. The second-order valence-corrected chi connectivity index (χ2v) is 3.33. The van der Waals surface area contributed by atoms with Gasteiger partial charge in [-0.3, -0.25) is 0 Å². The van der Waals surface area contributed by atoms with Crippen molar-refractivity contribution in [2.75, 3.05) is 6.61 Å². The van der Waals surface area contributed by atoms with Gasteiger partial charge in [0.15, 0.2) is 0 Å². The molecule has 1 rings (SSSR count). The second kappa shape index (κ2) is 5.03. The Hall–Kier alpha value is -0.990.